The molecule has 1 aromatic carbocycles. The highest BCUT2D eigenvalue weighted by Gasteiger charge is 2.39. The number of imidazole rings is 1. The van der Waals surface area contributed by atoms with Gasteiger partial charge in [-0.3, -0.25) is 0 Å². The summed E-state index contributed by atoms with van der Waals surface area (Å²) in [5.74, 6) is 0.133. The number of nitrogens with zero attached hydrogens (tertiary/aromatic N) is 7. The molecule has 5 aromatic rings. The molecule has 9 nitrogen and oxygen atoms in total. The van der Waals surface area contributed by atoms with Crippen molar-refractivity contribution in [3.8, 4) is 28.1 Å². The van der Waals surface area contributed by atoms with Crippen LogP contribution < -0.4 is 5.32 Å². The summed E-state index contributed by atoms with van der Waals surface area (Å²) in [7, 11) is 0. The van der Waals surface area contributed by atoms with Crippen molar-refractivity contribution in [2.75, 3.05) is 0 Å². The Morgan fingerprint density at radius 2 is 1.69 bits per heavy atom. The third-order valence-corrected chi connectivity index (χ3v) is 6.74. The van der Waals surface area contributed by atoms with Crippen LogP contribution in [0.2, 0.25) is 0 Å². The lowest BCUT2D eigenvalue weighted by atomic mass is 9.80. The lowest BCUT2D eigenvalue weighted by Crippen LogP contribution is -2.58. The van der Waals surface area contributed by atoms with Gasteiger partial charge in [0.05, 0.1) is 11.7 Å². The predicted octanol–water partition coefficient (Wildman–Crippen LogP) is 4.39. The van der Waals surface area contributed by atoms with Crippen molar-refractivity contribution >= 4 is 16.8 Å². The molecule has 0 saturated carbocycles. The summed E-state index contributed by atoms with van der Waals surface area (Å²) in [5.41, 5.74) is 5.17. The number of phenolic OH excluding ortho intramolecular Hbond substituents is 1. The van der Waals surface area contributed by atoms with Gasteiger partial charge < -0.3 is 14.8 Å². The minimum atomic E-state index is -0.0201. The molecule has 6 rings (SSSR count). The van der Waals surface area contributed by atoms with E-state index in [2.05, 4.69) is 58.5 Å². The molecular formula is C26H28N8O. The zero-order chi connectivity index (χ0) is 24.4. The van der Waals surface area contributed by atoms with E-state index in [0.717, 1.165) is 29.6 Å². The number of aromatic nitrogens is 7. The van der Waals surface area contributed by atoms with Crippen LogP contribution in [0.1, 0.15) is 46.6 Å². The molecular weight excluding hydrogens is 440 g/mol. The van der Waals surface area contributed by atoms with E-state index in [0.29, 0.717) is 22.4 Å². The number of hydrogen-bond acceptors (Lipinski definition) is 7. The number of rotatable bonds is 3. The van der Waals surface area contributed by atoms with Gasteiger partial charge in [-0.1, -0.05) is 11.3 Å². The fourth-order valence-electron chi connectivity index (χ4n) is 5.59. The monoisotopic (exact) mass is 468 g/mol. The summed E-state index contributed by atoms with van der Waals surface area (Å²) in [6.45, 7) is 8.85. The molecule has 0 radical (unpaired) electrons. The Hall–Kier alpha value is -3.85. The minimum absolute atomic E-state index is 0.0201. The maximum absolute atomic E-state index is 10.8. The third kappa shape index (κ3) is 3.91. The van der Waals surface area contributed by atoms with Crippen LogP contribution in [-0.4, -0.2) is 50.8 Å². The number of phenols is 1. The molecule has 0 atom stereocenters. The Morgan fingerprint density at radius 3 is 2.46 bits per heavy atom. The molecule has 1 fully saturated rings. The van der Waals surface area contributed by atoms with Gasteiger partial charge in [-0.15, -0.1) is 15.3 Å². The summed E-state index contributed by atoms with van der Waals surface area (Å²) in [6, 6.07) is 11.6. The van der Waals surface area contributed by atoms with E-state index < -0.39 is 0 Å². The summed E-state index contributed by atoms with van der Waals surface area (Å²) < 4.78 is 3.85. The van der Waals surface area contributed by atoms with Crippen molar-refractivity contribution in [3.05, 3.63) is 55.0 Å². The van der Waals surface area contributed by atoms with Gasteiger partial charge in [0.1, 0.15) is 16.9 Å². The molecule has 0 unspecified atom stereocenters. The van der Waals surface area contributed by atoms with Gasteiger partial charge in [0, 0.05) is 35.2 Å². The van der Waals surface area contributed by atoms with Crippen LogP contribution in [-0.2, 0) is 0 Å². The Kier molecular flexibility index (Phi) is 4.69. The number of pyridine rings is 1. The first kappa shape index (κ1) is 21.7. The molecule has 9 heteroatoms. The molecule has 0 amide bonds. The molecule has 5 heterocycles. The summed E-state index contributed by atoms with van der Waals surface area (Å²) in [6.07, 6.45) is 7.46. The summed E-state index contributed by atoms with van der Waals surface area (Å²) >= 11 is 0. The van der Waals surface area contributed by atoms with E-state index in [-0.39, 0.29) is 22.9 Å². The third-order valence-electron chi connectivity index (χ3n) is 6.74. The lowest BCUT2D eigenvalue weighted by Gasteiger charge is -2.46. The van der Waals surface area contributed by atoms with Gasteiger partial charge in [0.15, 0.2) is 0 Å². The molecule has 0 spiro atoms. The van der Waals surface area contributed by atoms with Gasteiger partial charge in [0.2, 0.25) is 5.65 Å². The molecule has 35 heavy (non-hydrogen) atoms. The zero-order valence-electron chi connectivity index (χ0n) is 20.3. The molecule has 1 aliphatic heterocycles. The fourth-order valence-corrected chi connectivity index (χ4v) is 5.59. The second-order valence-corrected chi connectivity index (χ2v) is 10.8. The number of nitrogens with one attached hydrogen (secondary N) is 1. The smallest absolute Gasteiger partial charge is 0.201 e. The van der Waals surface area contributed by atoms with Gasteiger partial charge in [-0.2, -0.15) is 0 Å². The topological polar surface area (TPSA) is 106 Å². The first-order valence-electron chi connectivity index (χ1n) is 11.8. The molecule has 0 aliphatic carbocycles. The second-order valence-electron chi connectivity index (χ2n) is 10.8. The Labute approximate surface area is 202 Å². The van der Waals surface area contributed by atoms with E-state index >= 15 is 0 Å². The van der Waals surface area contributed by atoms with Gasteiger partial charge in [-0.25, -0.2) is 9.67 Å². The van der Waals surface area contributed by atoms with Gasteiger partial charge in [0.25, 0.3) is 0 Å². The molecule has 178 valence electrons. The second kappa shape index (κ2) is 7.58. The molecule has 1 saturated heterocycles. The highest BCUT2D eigenvalue weighted by atomic mass is 16.3. The van der Waals surface area contributed by atoms with Crippen LogP contribution in [0.25, 0.3) is 39.2 Å². The number of fused-ring (bicyclic) bond motifs is 2. The summed E-state index contributed by atoms with van der Waals surface area (Å²) in [5, 5.41) is 32.3. The molecule has 0 bridgehead atoms. The Balaban J connectivity index is 1.32. The van der Waals surface area contributed by atoms with E-state index in [1.807, 2.05) is 51.8 Å². The van der Waals surface area contributed by atoms with E-state index in [1.54, 1.807) is 12.3 Å². The zero-order valence-corrected chi connectivity index (χ0v) is 20.3. The quantitative estimate of drug-likeness (QED) is 0.404. The SMILES string of the molecule is CC1(C)CC(n2nnc3cc(-c4ccc(-c5ccn6ccnc6c5)cc4O)nnc32)CC(C)(C)N1. The van der Waals surface area contributed by atoms with Crippen molar-refractivity contribution in [2.45, 2.75) is 57.7 Å². The van der Waals surface area contributed by atoms with Crippen molar-refractivity contribution < 1.29 is 5.11 Å². The molecule has 1 aliphatic rings. The van der Waals surface area contributed by atoms with Crippen molar-refractivity contribution in [1.29, 1.82) is 0 Å². The largest absolute Gasteiger partial charge is 0.507 e. The number of aromatic hydroxyl groups is 1. The number of hydrogen-bond donors (Lipinski definition) is 2. The molecule has 4 aromatic heterocycles. The Morgan fingerprint density at radius 1 is 0.914 bits per heavy atom. The average Bonchev–Trinajstić information content (AvgIpc) is 3.43. The van der Waals surface area contributed by atoms with Crippen LogP contribution >= 0.6 is 0 Å². The number of piperidine rings is 1. The summed E-state index contributed by atoms with van der Waals surface area (Å²) in [4.78, 5) is 4.34. The van der Waals surface area contributed by atoms with Crippen LogP contribution in [0.5, 0.6) is 5.75 Å². The van der Waals surface area contributed by atoms with Gasteiger partial charge >= 0.3 is 0 Å². The van der Waals surface area contributed by atoms with E-state index in [9.17, 15) is 5.11 Å². The standard InChI is InChI=1S/C26H28N8O/c1-25(2)14-18(15-26(3,4)31-25)34-24-21(29-32-34)13-20(28-30-24)19-6-5-16(11-22(19)35)17-7-9-33-10-8-27-23(33)12-17/h5-13,18,31,35H,14-15H2,1-4H3. The van der Waals surface area contributed by atoms with Crippen molar-refractivity contribution in [2.24, 2.45) is 0 Å². The highest BCUT2D eigenvalue weighted by molar-refractivity contribution is 5.80. The maximum Gasteiger partial charge on any atom is 0.201 e. The van der Waals surface area contributed by atoms with Crippen molar-refractivity contribution in [3.63, 3.8) is 0 Å². The Bertz CT molecular complexity index is 1550. The van der Waals surface area contributed by atoms with E-state index in [4.69, 9.17) is 0 Å². The first-order chi connectivity index (χ1) is 16.7. The van der Waals surface area contributed by atoms with Gasteiger partial charge in [-0.05, 0) is 82.0 Å². The number of benzene rings is 1. The lowest BCUT2D eigenvalue weighted by molar-refractivity contribution is 0.127. The minimum Gasteiger partial charge on any atom is -0.507 e. The fraction of sp³-hybridized carbons (Fsp3) is 0.346. The predicted molar refractivity (Wildman–Crippen MR) is 134 cm³/mol. The van der Waals surface area contributed by atoms with Crippen LogP contribution in [0.3, 0.4) is 0 Å². The molecule has 2 N–H and O–H groups in total. The normalized spacial score (nSPS) is 17.8. The van der Waals surface area contributed by atoms with Crippen LogP contribution in [0.4, 0.5) is 0 Å². The van der Waals surface area contributed by atoms with Crippen molar-refractivity contribution in [1.82, 2.24) is 39.9 Å². The average molecular weight is 469 g/mol. The van der Waals surface area contributed by atoms with Crippen LogP contribution in [0, 0.1) is 0 Å². The van der Waals surface area contributed by atoms with E-state index in [1.165, 1.54) is 0 Å². The first-order valence-corrected chi connectivity index (χ1v) is 11.8. The highest BCUT2D eigenvalue weighted by Crippen LogP contribution is 2.37. The maximum atomic E-state index is 10.8. The van der Waals surface area contributed by atoms with Crippen LogP contribution in [0.15, 0.2) is 55.0 Å².